The molecule has 65 heavy (non-hydrogen) atoms. The van der Waals surface area contributed by atoms with Crippen LogP contribution in [0.1, 0.15) is 97.3 Å². The molecule has 25 nitrogen and oxygen atoms in total. The highest BCUT2D eigenvalue weighted by Gasteiger charge is 2.60. The predicted molar refractivity (Wildman–Crippen MR) is 220 cm³/mol. The zero-order chi connectivity index (χ0) is 48.9. The van der Waals surface area contributed by atoms with Gasteiger partial charge in [-0.3, -0.25) is 4.79 Å². The number of carboxylic acids is 3. The Morgan fingerprint density at radius 1 is 0.662 bits per heavy atom. The van der Waals surface area contributed by atoms with E-state index in [2.05, 4.69) is 17.6 Å². The number of aliphatic hydroxyl groups is 9. The maximum atomic E-state index is 12.9. The molecular weight excluding hydrogens is 872 g/mol. The molecule has 3 heterocycles. The number of rotatable bonds is 28. The summed E-state index contributed by atoms with van der Waals surface area (Å²) in [5, 5.41) is 134. The second-order valence-corrected chi connectivity index (χ2v) is 17.3. The summed E-state index contributed by atoms with van der Waals surface area (Å²) in [6, 6.07) is -4.79. The van der Waals surface area contributed by atoms with Gasteiger partial charge in [-0.15, -0.1) is 0 Å². The fraction of sp³-hybridized carbons (Fsp3) is 0.900. The SMILES string of the molecule is CCCCCCCCCCCCNCC(O)C1OC(OC(CO)C(O)C2OC(OC(CO)C(O)C3OC(O)(C(=O)O)CC(O)C3NC(C)=O)(C(=O)O)CC(O)C2N)(C(=O)O)CC(O)C1N. The van der Waals surface area contributed by atoms with Gasteiger partial charge in [0.1, 0.15) is 42.7 Å². The van der Waals surface area contributed by atoms with Crippen molar-refractivity contribution in [3.05, 3.63) is 0 Å². The fourth-order valence-corrected chi connectivity index (χ4v) is 8.37. The summed E-state index contributed by atoms with van der Waals surface area (Å²) in [5.41, 5.74) is 12.3. The van der Waals surface area contributed by atoms with Crippen molar-refractivity contribution >= 4 is 23.8 Å². The Labute approximate surface area is 375 Å². The minimum absolute atomic E-state index is 0.143. The smallest absolute Gasteiger partial charge is 0.364 e. The Hall–Kier alpha value is -2.80. The number of nitrogens with two attached hydrogens (primary N) is 2. The lowest BCUT2D eigenvalue weighted by Gasteiger charge is -2.49. The van der Waals surface area contributed by atoms with E-state index < -0.39 is 159 Å². The van der Waals surface area contributed by atoms with E-state index in [0.29, 0.717) is 6.54 Å². The summed E-state index contributed by atoms with van der Waals surface area (Å²) in [5.74, 6) is -16.1. The molecule has 3 rings (SSSR count). The van der Waals surface area contributed by atoms with Gasteiger partial charge < -0.3 is 107 Å². The molecule has 0 spiro atoms. The van der Waals surface area contributed by atoms with Gasteiger partial charge in [-0.05, 0) is 13.0 Å². The first-order valence-corrected chi connectivity index (χ1v) is 22.1. The maximum absolute atomic E-state index is 12.9. The number of unbranched alkanes of at least 4 members (excludes halogenated alkanes) is 9. The highest BCUT2D eigenvalue weighted by atomic mass is 16.8. The van der Waals surface area contributed by atoms with Crippen LogP contribution in [0.15, 0.2) is 0 Å². The van der Waals surface area contributed by atoms with E-state index in [-0.39, 0.29) is 6.54 Å². The first-order chi connectivity index (χ1) is 30.5. The Morgan fingerprint density at radius 2 is 1.11 bits per heavy atom. The van der Waals surface area contributed by atoms with Gasteiger partial charge in [-0.1, -0.05) is 64.7 Å². The van der Waals surface area contributed by atoms with Gasteiger partial charge in [-0.25, -0.2) is 14.4 Å². The van der Waals surface area contributed by atoms with Crippen LogP contribution >= 0.6 is 0 Å². The summed E-state index contributed by atoms with van der Waals surface area (Å²) < 4.78 is 27.7. The molecule has 0 aromatic heterocycles. The molecular formula is C40H72N4O21. The number of amides is 1. The number of carbonyl (C=O) groups excluding carboxylic acids is 1. The number of carbonyl (C=O) groups is 4. The number of aliphatic carboxylic acids is 3. The molecule has 17 unspecified atom stereocenters. The molecule has 3 aliphatic heterocycles. The van der Waals surface area contributed by atoms with Gasteiger partial charge in [0.25, 0.3) is 17.4 Å². The molecule has 3 fully saturated rings. The molecule has 1 amide bonds. The molecule has 0 aromatic rings. The topological polar surface area (TPSA) is 433 Å². The standard InChI is InChI=1S/C40H72N4O21/c1-3-4-5-6-7-8-9-10-11-12-13-43-17-24(51)32-27(41)21(48)15-39(64-32,36(56)57)61-25(18-45)30(52)33-28(42)22(49)16-40(65-33,37(58)59)62-26(19-46)31(53)34-29(44-20(2)47)23(50)14-38(60,63-34)35(54)55/h21-34,43,45-46,48-53,60H,3-19,41-42H2,1-2H3,(H,44,47)(H,54,55)(H,56,57)(H,58,59). The van der Waals surface area contributed by atoms with Crippen molar-refractivity contribution in [2.45, 2.75) is 200 Å². The van der Waals surface area contributed by atoms with Crippen LogP contribution in [0, 0.1) is 0 Å². The van der Waals surface area contributed by atoms with Crippen LogP contribution in [-0.2, 0) is 42.9 Å². The van der Waals surface area contributed by atoms with Crippen LogP contribution in [0.3, 0.4) is 0 Å². The van der Waals surface area contributed by atoms with Gasteiger partial charge >= 0.3 is 17.9 Å². The van der Waals surface area contributed by atoms with Crippen molar-refractivity contribution in [1.29, 1.82) is 0 Å². The summed E-state index contributed by atoms with van der Waals surface area (Å²) in [4.78, 5) is 49.6. The predicted octanol–water partition coefficient (Wildman–Crippen LogP) is -4.72. The zero-order valence-electron chi connectivity index (χ0n) is 36.8. The van der Waals surface area contributed by atoms with E-state index in [0.717, 1.165) is 39.0 Å². The van der Waals surface area contributed by atoms with Gasteiger partial charge in [0.2, 0.25) is 5.91 Å². The van der Waals surface area contributed by atoms with Gasteiger partial charge in [0.05, 0.1) is 55.8 Å². The van der Waals surface area contributed by atoms with E-state index in [9.17, 15) is 80.5 Å². The first kappa shape index (κ1) is 56.5. The first-order valence-electron chi connectivity index (χ1n) is 22.1. The normalized spacial score (nSPS) is 35.4. The molecule has 0 radical (unpaired) electrons. The lowest BCUT2D eigenvalue weighted by atomic mass is 9.87. The van der Waals surface area contributed by atoms with E-state index in [4.69, 9.17) is 35.2 Å². The van der Waals surface area contributed by atoms with Crippen LogP contribution in [0.4, 0.5) is 0 Å². The Kier molecular flexibility index (Phi) is 22.2. The van der Waals surface area contributed by atoms with E-state index in [1.54, 1.807) is 0 Å². The van der Waals surface area contributed by atoms with Crippen molar-refractivity contribution in [3.8, 4) is 0 Å². The second kappa shape index (κ2) is 25.5. The third kappa shape index (κ3) is 14.6. The lowest BCUT2D eigenvalue weighted by molar-refractivity contribution is -0.353. The minimum Gasteiger partial charge on any atom is -0.477 e. The highest BCUT2D eigenvalue weighted by molar-refractivity contribution is 5.77. The molecule has 3 saturated heterocycles. The van der Waals surface area contributed by atoms with Crippen molar-refractivity contribution in [1.82, 2.24) is 10.6 Å². The number of ether oxygens (including phenoxy) is 5. The van der Waals surface area contributed by atoms with Crippen molar-refractivity contribution in [3.63, 3.8) is 0 Å². The van der Waals surface area contributed by atoms with Crippen LogP contribution < -0.4 is 22.1 Å². The van der Waals surface area contributed by atoms with Crippen molar-refractivity contribution in [2.75, 3.05) is 26.3 Å². The Balaban J connectivity index is 1.78. The van der Waals surface area contributed by atoms with E-state index in [1.165, 1.54) is 32.1 Å². The molecule has 0 aromatic carbocycles. The second-order valence-electron chi connectivity index (χ2n) is 17.3. The monoisotopic (exact) mass is 944 g/mol. The number of aliphatic hydroxyl groups excluding tert-OH is 8. The molecule has 0 bridgehead atoms. The average molecular weight is 945 g/mol. The summed E-state index contributed by atoms with van der Waals surface area (Å²) in [6.45, 7) is 0.900. The summed E-state index contributed by atoms with van der Waals surface area (Å²) in [6.07, 6.45) is -14.1. The molecule has 17 atom stereocenters. The third-order valence-corrected chi connectivity index (χ3v) is 12.1. The van der Waals surface area contributed by atoms with E-state index >= 15 is 0 Å². The molecule has 378 valence electrons. The molecule has 3 aliphatic rings. The largest absolute Gasteiger partial charge is 0.477 e. The van der Waals surface area contributed by atoms with Gasteiger partial charge in [-0.2, -0.15) is 0 Å². The van der Waals surface area contributed by atoms with Crippen LogP contribution in [0.2, 0.25) is 0 Å². The molecule has 25 heteroatoms. The van der Waals surface area contributed by atoms with Gasteiger partial charge in [0.15, 0.2) is 0 Å². The number of hydrogen-bond acceptors (Lipinski definition) is 21. The third-order valence-electron chi connectivity index (χ3n) is 12.1. The minimum atomic E-state index is -3.19. The van der Waals surface area contributed by atoms with Crippen molar-refractivity contribution in [2.24, 2.45) is 11.5 Å². The molecule has 0 saturated carbocycles. The van der Waals surface area contributed by atoms with E-state index in [1.807, 2.05) is 0 Å². The Bertz CT molecular complexity index is 1520. The Morgan fingerprint density at radius 3 is 1.55 bits per heavy atom. The summed E-state index contributed by atoms with van der Waals surface area (Å²) >= 11 is 0. The average Bonchev–Trinajstić information content (AvgIpc) is 3.24. The van der Waals surface area contributed by atoms with Crippen LogP contribution in [-0.4, -0.2) is 214 Å². The number of nitrogens with one attached hydrogen (secondary N) is 2. The fourth-order valence-electron chi connectivity index (χ4n) is 8.37. The quantitative estimate of drug-likeness (QED) is 0.0328. The maximum Gasteiger partial charge on any atom is 0.364 e. The summed E-state index contributed by atoms with van der Waals surface area (Å²) in [7, 11) is 0. The van der Waals surface area contributed by atoms with Crippen molar-refractivity contribution < 1.29 is 104 Å². The van der Waals surface area contributed by atoms with Crippen LogP contribution in [0.5, 0.6) is 0 Å². The molecule has 0 aliphatic carbocycles. The zero-order valence-corrected chi connectivity index (χ0v) is 36.8. The number of hydrogen-bond donors (Lipinski definition) is 16. The lowest BCUT2D eigenvalue weighted by Crippen LogP contribution is -2.70. The number of carboxylic acid groups (broad SMARTS) is 3. The molecule has 18 N–H and O–H groups in total. The van der Waals surface area contributed by atoms with Crippen LogP contribution in [0.25, 0.3) is 0 Å². The highest BCUT2D eigenvalue weighted by Crippen LogP contribution is 2.39. The van der Waals surface area contributed by atoms with Gasteiger partial charge in [0, 0.05) is 32.7 Å².